The van der Waals surface area contributed by atoms with E-state index in [-0.39, 0.29) is 16.8 Å². The van der Waals surface area contributed by atoms with E-state index in [9.17, 15) is 13.2 Å². The number of para-hydroxylation sites is 1. The van der Waals surface area contributed by atoms with Gasteiger partial charge in [-0.05, 0) is 73.4 Å². The Balaban J connectivity index is 1.53. The lowest BCUT2D eigenvalue weighted by Crippen LogP contribution is -2.30. The van der Waals surface area contributed by atoms with E-state index in [0.29, 0.717) is 17.8 Å². The van der Waals surface area contributed by atoms with Crippen LogP contribution in [0.2, 0.25) is 0 Å². The minimum atomic E-state index is -3.73. The molecule has 1 unspecified atom stereocenters. The molecule has 4 rings (SSSR count). The van der Waals surface area contributed by atoms with Crippen LogP contribution in [0.15, 0.2) is 78.0 Å². The number of nitrogens with one attached hydrogen (secondary N) is 1. The van der Waals surface area contributed by atoms with Crippen LogP contribution in [0.3, 0.4) is 0 Å². The molecule has 2 aromatic carbocycles. The monoisotopic (exact) mass is 421 g/mol. The molecule has 154 valence electrons. The van der Waals surface area contributed by atoms with E-state index >= 15 is 0 Å². The number of amides is 1. The van der Waals surface area contributed by atoms with Gasteiger partial charge in [-0.25, -0.2) is 8.42 Å². The minimum Gasteiger partial charge on any atom is -0.332 e. The minimum absolute atomic E-state index is 0.0200. The van der Waals surface area contributed by atoms with Gasteiger partial charge in [-0.1, -0.05) is 18.2 Å². The second-order valence-corrected chi connectivity index (χ2v) is 9.06. The zero-order valence-corrected chi connectivity index (χ0v) is 17.5. The Morgan fingerprint density at radius 2 is 1.73 bits per heavy atom. The first-order valence-corrected chi connectivity index (χ1v) is 11.3. The highest BCUT2D eigenvalue weighted by Crippen LogP contribution is 2.33. The van der Waals surface area contributed by atoms with E-state index in [1.54, 1.807) is 36.7 Å². The van der Waals surface area contributed by atoms with E-state index in [2.05, 4.69) is 9.71 Å². The molecule has 1 N–H and O–H groups in total. The van der Waals surface area contributed by atoms with Crippen molar-refractivity contribution < 1.29 is 13.2 Å². The summed E-state index contributed by atoms with van der Waals surface area (Å²) in [6.45, 7) is 2.52. The average Bonchev–Trinajstić information content (AvgIpc) is 3.25. The third kappa shape index (κ3) is 4.07. The summed E-state index contributed by atoms with van der Waals surface area (Å²) in [7, 11) is -3.73. The molecule has 30 heavy (non-hydrogen) atoms. The molecule has 1 amide bonds. The Bertz CT molecular complexity index is 1150. The highest BCUT2D eigenvalue weighted by atomic mass is 32.2. The third-order valence-electron chi connectivity index (χ3n) is 5.41. The Morgan fingerprint density at radius 3 is 2.43 bits per heavy atom. The van der Waals surface area contributed by atoms with Gasteiger partial charge in [0.1, 0.15) is 0 Å². The maximum Gasteiger partial charge on any atom is 0.261 e. The molecular weight excluding hydrogens is 398 g/mol. The number of hydrogen-bond acceptors (Lipinski definition) is 4. The quantitative estimate of drug-likeness (QED) is 0.671. The van der Waals surface area contributed by atoms with Gasteiger partial charge in [0, 0.05) is 24.5 Å². The number of hydrogen-bond donors (Lipinski definition) is 1. The average molecular weight is 422 g/mol. The topological polar surface area (TPSA) is 79.4 Å². The SMILES string of the molecule is Cc1ccccc1NS(=O)(=O)c1ccc(C(=O)N2CCCC2c2ccncc2)cc1. The molecule has 6 nitrogen and oxygen atoms in total. The number of benzene rings is 2. The number of aryl methyl sites for hydroxylation is 1. The summed E-state index contributed by atoms with van der Waals surface area (Å²) in [5.74, 6) is -0.0925. The fourth-order valence-corrected chi connectivity index (χ4v) is 4.91. The summed E-state index contributed by atoms with van der Waals surface area (Å²) in [6.07, 6.45) is 5.31. The van der Waals surface area contributed by atoms with Gasteiger partial charge in [-0.3, -0.25) is 14.5 Å². The first kappa shape index (κ1) is 20.1. The van der Waals surface area contributed by atoms with Gasteiger partial charge in [0.05, 0.1) is 16.6 Å². The molecule has 1 aliphatic rings. The van der Waals surface area contributed by atoms with E-state index in [1.807, 2.05) is 36.1 Å². The number of anilines is 1. The normalized spacial score (nSPS) is 16.4. The predicted octanol–water partition coefficient (Wildman–Crippen LogP) is 4.17. The van der Waals surface area contributed by atoms with Crippen molar-refractivity contribution in [3.8, 4) is 0 Å². The van der Waals surface area contributed by atoms with Crippen molar-refractivity contribution in [1.29, 1.82) is 0 Å². The summed E-state index contributed by atoms with van der Waals surface area (Å²) < 4.78 is 28.0. The van der Waals surface area contributed by atoms with E-state index in [4.69, 9.17) is 0 Å². The summed E-state index contributed by atoms with van der Waals surface area (Å²) >= 11 is 0. The van der Waals surface area contributed by atoms with Gasteiger partial charge in [0.25, 0.3) is 15.9 Å². The molecule has 1 saturated heterocycles. The predicted molar refractivity (Wildman–Crippen MR) is 116 cm³/mol. The number of rotatable bonds is 5. The molecule has 0 saturated carbocycles. The molecule has 3 aromatic rings. The fourth-order valence-electron chi connectivity index (χ4n) is 3.78. The van der Waals surface area contributed by atoms with Crippen LogP contribution in [-0.4, -0.2) is 30.8 Å². The van der Waals surface area contributed by atoms with Crippen molar-refractivity contribution in [3.05, 3.63) is 89.7 Å². The number of pyridine rings is 1. The van der Waals surface area contributed by atoms with Crippen molar-refractivity contribution in [2.75, 3.05) is 11.3 Å². The molecular formula is C23H23N3O3S. The smallest absolute Gasteiger partial charge is 0.261 e. The van der Waals surface area contributed by atoms with Crippen LogP contribution < -0.4 is 4.72 Å². The van der Waals surface area contributed by atoms with Crippen molar-refractivity contribution >= 4 is 21.6 Å². The summed E-state index contributed by atoms with van der Waals surface area (Å²) in [4.78, 5) is 19.1. The molecule has 2 heterocycles. The number of carbonyl (C=O) groups excluding carboxylic acids is 1. The molecule has 1 aromatic heterocycles. The summed E-state index contributed by atoms with van der Waals surface area (Å²) in [5, 5.41) is 0. The first-order chi connectivity index (χ1) is 14.5. The maximum absolute atomic E-state index is 13.1. The molecule has 0 spiro atoms. The van der Waals surface area contributed by atoms with Gasteiger partial charge < -0.3 is 4.90 Å². The van der Waals surface area contributed by atoms with Gasteiger partial charge in [0.15, 0.2) is 0 Å². The molecule has 0 bridgehead atoms. The van der Waals surface area contributed by atoms with E-state index in [1.165, 1.54) is 12.1 Å². The lowest BCUT2D eigenvalue weighted by molar-refractivity contribution is 0.0735. The maximum atomic E-state index is 13.1. The number of aromatic nitrogens is 1. The Morgan fingerprint density at radius 1 is 1.03 bits per heavy atom. The zero-order chi connectivity index (χ0) is 21.1. The van der Waals surface area contributed by atoms with E-state index in [0.717, 1.165) is 24.0 Å². The Kier molecular flexibility index (Phi) is 5.55. The Hall–Kier alpha value is -3.19. The fraction of sp³-hybridized carbons (Fsp3) is 0.217. The molecule has 0 radical (unpaired) electrons. The largest absolute Gasteiger partial charge is 0.332 e. The number of nitrogens with zero attached hydrogens (tertiary/aromatic N) is 2. The summed E-state index contributed by atoms with van der Waals surface area (Å²) in [5.41, 5.74) is 2.92. The molecule has 7 heteroatoms. The first-order valence-electron chi connectivity index (χ1n) is 9.85. The van der Waals surface area contributed by atoms with Crippen LogP contribution in [0, 0.1) is 6.92 Å². The number of likely N-dealkylation sites (tertiary alicyclic amines) is 1. The zero-order valence-electron chi connectivity index (χ0n) is 16.7. The van der Waals surface area contributed by atoms with Crippen LogP contribution >= 0.6 is 0 Å². The van der Waals surface area contributed by atoms with Gasteiger partial charge in [-0.15, -0.1) is 0 Å². The lowest BCUT2D eigenvalue weighted by atomic mass is 10.1. The van der Waals surface area contributed by atoms with Crippen LogP contribution in [-0.2, 0) is 10.0 Å². The Labute approximate surface area is 176 Å². The van der Waals surface area contributed by atoms with Crippen LogP contribution in [0.4, 0.5) is 5.69 Å². The van der Waals surface area contributed by atoms with Crippen molar-refractivity contribution in [1.82, 2.24) is 9.88 Å². The van der Waals surface area contributed by atoms with Crippen LogP contribution in [0.1, 0.15) is 40.4 Å². The summed E-state index contributed by atoms with van der Waals surface area (Å²) in [6, 6.07) is 17.2. The lowest BCUT2D eigenvalue weighted by Gasteiger charge is -2.25. The molecule has 1 fully saturated rings. The highest BCUT2D eigenvalue weighted by molar-refractivity contribution is 7.92. The van der Waals surface area contributed by atoms with Gasteiger partial charge in [0.2, 0.25) is 0 Å². The standard InChI is InChI=1S/C23H23N3O3S/c1-17-5-2-3-6-21(17)25-30(28,29)20-10-8-19(9-11-20)23(27)26-16-4-7-22(26)18-12-14-24-15-13-18/h2-3,5-6,8-15,22,25H,4,7,16H2,1H3. The third-order valence-corrected chi connectivity index (χ3v) is 6.79. The number of carbonyl (C=O) groups is 1. The van der Waals surface area contributed by atoms with Crippen molar-refractivity contribution in [2.24, 2.45) is 0 Å². The molecule has 1 atom stereocenters. The van der Waals surface area contributed by atoms with Gasteiger partial charge >= 0.3 is 0 Å². The van der Waals surface area contributed by atoms with Crippen molar-refractivity contribution in [3.63, 3.8) is 0 Å². The van der Waals surface area contributed by atoms with Crippen LogP contribution in [0.5, 0.6) is 0 Å². The second kappa shape index (κ2) is 8.28. The van der Waals surface area contributed by atoms with Crippen molar-refractivity contribution in [2.45, 2.75) is 30.7 Å². The van der Waals surface area contributed by atoms with Gasteiger partial charge in [-0.2, -0.15) is 0 Å². The molecule has 1 aliphatic heterocycles. The molecule has 0 aliphatic carbocycles. The second-order valence-electron chi connectivity index (χ2n) is 7.38. The highest BCUT2D eigenvalue weighted by Gasteiger charge is 2.30. The number of sulfonamides is 1. The van der Waals surface area contributed by atoms with Crippen LogP contribution in [0.25, 0.3) is 0 Å². The van der Waals surface area contributed by atoms with E-state index < -0.39 is 10.0 Å².